The minimum absolute atomic E-state index is 0.136. The average molecular weight is 216 g/mol. The first-order valence-corrected chi connectivity index (χ1v) is 5.74. The number of rotatable bonds is 3. The Bertz CT molecular complexity index is 525. The van der Waals surface area contributed by atoms with Crippen molar-refractivity contribution in [3.05, 3.63) is 23.8 Å². The van der Waals surface area contributed by atoms with Gasteiger partial charge in [-0.15, -0.1) is 5.10 Å². The first-order valence-electron chi connectivity index (χ1n) is 5.74. The fourth-order valence-corrected chi connectivity index (χ4v) is 2.05. The van der Waals surface area contributed by atoms with E-state index in [4.69, 9.17) is 5.73 Å². The third-order valence-electron chi connectivity index (χ3n) is 3.48. The van der Waals surface area contributed by atoms with E-state index in [-0.39, 0.29) is 5.54 Å². The van der Waals surface area contributed by atoms with Gasteiger partial charge in [0.25, 0.3) is 0 Å². The molecule has 16 heavy (non-hydrogen) atoms. The van der Waals surface area contributed by atoms with Crippen molar-refractivity contribution in [1.82, 2.24) is 15.0 Å². The molecule has 1 saturated carbocycles. The number of benzene rings is 1. The van der Waals surface area contributed by atoms with E-state index in [1.165, 1.54) is 18.4 Å². The summed E-state index contributed by atoms with van der Waals surface area (Å²) in [6, 6.07) is 6.35. The van der Waals surface area contributed by atoms with Gasteiger partial charge in [0.1, 0.15) is 5.52 Å². The van der Waals surface area contributed by atoms with Crippen LogP contribution < -0.4 is 5.73 Å². The van der Waals surface area contributed by atoms with Crippen LogP contribution in [-0.4, -0.2) is 20.5 Å². The lowest BCUT2D eigenvalue weighted by molar-refractivity contribution is 0.609. The first kappa shape index (κ1) is 9.78. The molecular weight excluding hydrogens is 200 g/mol. The van der Waals surface area contributed by atoms with Crippen LogP contribution in [-0.2, 0) is 13.5 Å². The van der Waals surface area contributed by atoms with Gasteiger partial charge in [-0.2, -0.15) is 0 Å². The van der Waals surface area contributed by atoms with Crippen molar-refractivity contribution < 1.29 is 0 Å². The molecular formula is C12H16N4. The SMILES string of the molecule is Cn1nnc2cc(CCC3(N)CC3)ccc21. The molecule has 1 heterocycles. The van der Waals surface area contributed by atoms with Gasteiger partial charge < -0.3 is 5.73 Å². The molecule has 3 rings (SSSR count). The van der Waals surface area contributed by atoms with Crippen LogP contribution >= 0.6 is 0 Å². The maximum atomic E-state index is 6.08. The van der Waals surface area contributed by atoms with E-state index < -0.39 is 0 Å². The summed E-state index contributed by atoms with van der Waals surface area (Å²) in [5.74, 6) is 0. The van der Waals surface area contributed by atoms with Crippen molar-refractivity contribution in [2.45, 2.75) is 31.2 Å². The van der Waals surface area contributed by atoms with Crippen LogP contribution in [0.25, 0.3) is 11.0 Å². The molecule has 0 saturated heterocycles. The van der Waals surface area contributed by atoms with Gasteiger partial charge in [-0.05, 0) is 43.4 Å². The Balaban J connectivity index is 1.82. The maximum absolute atomic E-state index is 6.08. The highest BCUT2D eigenvalue weighted by atomic mass is 15.4. The van der Waals surface area contributed by atoms with Crippen molar-refractivity contribution >= 4 is 11.0 Å². The zero-order chi connectivity index (χ0) is 11.2. The summed E-state index contributed by atoms with van der Waals surface area (Å²) in [5, 5.41) is 8.12. The van der Waals surface area contributed by atoms with Gasteiger partial charge in [0, 0.05) is 12.6 Å². The molecule has 0 aliphatic heterocycles. The minimum Gasteiger partial charge on any atom is -0.325 e. The summed E-state index contributed by atoms with van der Waals surface area (Å²) in [4.78, 5) is 0. The van der Waals surface area contributed by atoms with Crippen molar-refractivity contribution in [3.8, 4) is 0 Å². The van der Waals surface area contributed by atoms with Crippen molar-refractivity contribution in [1.29, 1.82) is 0 Å². The molecule has 0 spiro atoms. The van der Waals surface area contributed by atoms with Crippen LogP contribution in [0.3, 0.4) is 0 Å². The van der Waals surface area contributed by atoms with E-state index in [2.05, 4.69) is 28.5 Å². The van der Waals surface area contributed by atoms with Crippen LogP contribution in [0, 0.1) is 0 Å². The van der Waals surface area contributed by atoms with E-state index in [1.807, 2.05) is 7.05 Å². The van der Waals surface area contributed by atoms with Gasteiger partial charge in [0.15, 0.2) is 0 Å². The zero-order valence-corrected chi connectivity index (χ0v) is 9.48. The van der Waals surface area contributed by atoms with Gasteiger partial charge in [-0.25, -0.2) is 4.68 Å². The Morgan fingerprint density at radius 1 is 1.44 bits per heavy atom. The van der Waals surface area contributed by atoms with Crippen LogP contribution in [0.4, 0.5) is 0 Å². The fourth-order valence-electron chi connectivity index (χ4n) is 2.05. The van der Waals surface area contributed by atoms with Crippen LogP contribution in [0.1, 0.15) is 24.8 Å². The van der Waals surface area contributed by atoms with Gasteiger partial charge in [0.05, 0.1) is 5.52 Å². The lowest BCUT2D eigenvalue weighted by Gasteiger charge is -2.07. The second-order valence-corrected chi connectivity index (χ2v) is 4.90. The second-order valence-electron chi connectivity index (χ2n) is 4.90. The maximum Gasteiger partial charge on any atom is 0.113 e. The van der Waals surface area contributed by atoms with Gasteiger partial charge in [-0.1, -0.05) is 11.3 Å². The molecule has 0 amide bonds. The molecule has 1 aliphatic carbocycles. The van der Waals surface area contributed by atoms with Gasteiger partial charge >= 0.3 is 0 Å². The Hall–Kier alpha value is -1.42. The highest BCUT2D eigenvalue weighted by molar-refractivity contribution is 5.74. The monoisotopic (exact) mass is 216 g/mol. The Morgan fingerprint density at radius 2 is 2.25 bits per heavy atom. The largest absolute Gasteiger partial charge is 0.325 e. The molecule has 0 atom stereocenters. The summed E-state index contributed by atoms with van der Waals surface area (Å²) in [7, 11) is 1.91. The van der Waals surface area contributed by atoms with Crippen molar-refractivity contribution in [3.63, 3.8) is 0 Å². The second kappa shape index (κ2) is 3.28. The summed E-state index contributed by atoms with van der Waals surface area (Å²) in [6.07, 6.45) is 4.49. The lowest BCUT2D eigenvalue weighted by Crippen LogP contribution is -2.22. The summed E-state index contributed by atoms with van der Waals surface area (Å²) in [6.45, 7) is 0. The quantitative estimate of drug-likeness (QED) is 0.843. The molecule has 4 heteroatoms. The Morgan fingerprint density at radius 3 is 3.00 bits per heavy atom. The molecule has 0 bridgehead atoms. The number of nitrogens with two attached hydrogens (primary N) is 1. The smallest absolute Gasteiger partial charge is 0.113 e. The van der Waals surface area contributed by atoms with Crippen molar-refractivity contribution in [2.24, 2.45) is 12.8 Å². The van der Waals surface area contributed by atoms with E-state index >= 15 is 0 Å². The minimum atomic E-state index is 0.136. The number of aromatic nitrogens is 3. The number of fused-ring (bicyclic) bond motifs is 1. The molecule has 1 fully saturated rings. The Labute approximate surface area is 94.4 Å². The normalized spacial score (nSPS) is 17.9. The predicted molar refractivity (Wildman–Crippen MR) is 63.0 cm³/mol. The van der Waals surface area contributed by atoms with E-state index in [0.717, 1.165) is 23.9 Å². The molecule has 2 aromatic rings. The number of hydrogen-bond acceptors (Lipinski definition) is 3. The summed E-state index contributed by atoms with van der Waals surface area (Å²) in [5.41, 5.74) is 9.58. The first-order chi connectivity index (χ1) is 7.66. The molecule has 4 nitrogen and oxygen atoms in total. The number of aryl methyl sites for hydroxylation is 2. The molecule has 0 unspecified atom stereocenters. The third kappa shape index (κ3) is 1.69. The molecule has 1 aromatic heterocycles. The van der Waals surface area contributed by atoms with Crippen LogP contribution in [0.5, 0.6) is 0 Å². The molecule has 1 aliphatic rings. The van der Waals surface area contributed by atoms with E-state index in [1.54, 1.807) is 4.68 Å². The third-order valence-corrected chi connectivity index (χ3v) is 3.48. The number of hydrogen-bond donors (Lipinski definition) is 1. The van der Waals surface area contributed by atoms with Crippen LogP contribution in [0.2, 0.25) is 0 Å². The van der Waals surface area contributed by atoms with E-state index in [9.17, 15) is 0 Å². The topological polar surface area (TPSA) is 56.7 Å². The highest BCUT2D eigenvalue weighted by Crippen LogP contribution is 2.36. The average Bonchev–Trinajstić information content (AvgIpc) is 2.91. The molecule has 84 valence electrons. The molecule has 1 aromatic carbocycles. The van der Waals surface area contributed by atoms with Crippen molar-refractivity contribution in [2.75, 3.05) is 0 Å². The zero-order valence-electron chi connectivity index (χ0n) is 9.48. The highest BCUT2D eigenvalue weighted by Gasteiger charge is 2.37. The van der Waals surface area contributed by atoms with Crippen LogP contribution in [0.15, 0.2) is 18.2 Å². The standard InChI is InChI=1S/C12H16N4/c1-16-11-3-2-9(8-10(11)14-15-16)4-5-12(13)6-7-12/h2-3,8H,4-7,13H2,1H3. The fraction of sp³-hybridized carbons (Fsp3) is 0.500. The lowest BCUT2D eigenvalue weighted by atomic mass is 10.0. The number of nitrogens with zero attached hydrogens (tertiary/aromatic N) is 3. The summed E-state index contributed by atoms with van der Waals surface area (Å²) < 4.78 is 1.80. The molecule has 2 N–H and O–H groups in total. The Kier molecular flexibility index (Phi) is 2.01. The molecule has 0 radical (unpaired) electrons. The predicted octanol–water partition coefficient (Wildman–Crippen LogP) is 1.39. The van der Waals surface area contributed by atoms with Gasteiger partial charge in [-0.3, -0.25) is 0 Å². The summed E-state index contributed by atoms with van der Waals surface area (Å²) >= 11 is 0. The van der Waals surface area contributed by atoms with E-state index in [0.29, 0.717) is 0 Å². The van der Waals surface area contributed by atoms with Gasteiger partial charge in [0.2, 0.25) is 0 Å².